The van der Waals surface area contributed by atoms with Crippen LogP contribution in [-0.4, -0.2) is 29.7 Å². The van der Waals surface area contributed by atoms with Crippen molar-refractivity contribution in [3.63, 3.8) is 0 Å². The lowest BCUT2D eigenvalue weighted by Gasteiger charge is -2.04. The molecule has 3 aromatic rings. The fourth-order valence-electron chi connectivity index (χ4n) is 1.63. The standard InChI is InChI=1S/C12H9ClN6/c13-11-16-10(8-9-2-5-14-6-3-9)17-12(18-11)19-7-1-4-15-19/h1-7H,8H2. The van der Waals surface area contributed by atoms with E-state index in [0.717, 1.165) is 5.56 Å². The predicted octanol–water partition coefficient (Wildman–Crippen LogP) is 1.70. The molecule has 0 saturated carbocycles. The number of hydrogen-bond donors (Lipinski definition) is 0. The van der Waals surface area contributed by atoms with Crippen LogP contribution in [0, 0.1) is 0 Å². The van der Waals surface area contributed by atoms with Crippen LogP contribution < -0.4 is 0 Å². The fraction of sp³-hybridized carbons (Fsp3) is 0.0833. The van der Waals surface area contributed by atoms with Crippen molar-refractivity contribution >= 4 is 11.6 Å². The molecule has 0 unspecified atom stereocenters. The number of halogens is 1. The molecule has 3 heterocycles. The van der Waals surface area contributed by atoms with Crippen molar-refractivity contribution in [3.8, 4) is 5.95 Å². The zero-order valence-corrected chi connectivity index (χ0v) is 10.6. The van der Waals surface area contributed by atoms with Crippen LogP contribution in [0.2, 0.25) is 5.28 Å². The summed E-state index contributed by atoms with van der Waals surface area (Å²) in [5, 5.41) is 4.23. The van der Waals surface area contributed by atoms with Crippen LogP contribution in [0.1, 0.15) is 11.4 Å². The highest BCUT2D eigenvalue weighted by molar-refractivity contribution is 6.28. The number of pyridine rings is 1. The van der Waals surface area contributed by atoms with E-state index in [4.69, 9.17) is 11.6 Å². The Hall–Kier alpha value is -2.34. The Morgan fingerprint density at radius 1 is 1.05 bits per heavy atom. The van der Waals surface area contributed by atoms with Crippen molar-refractivity contribution in [1.29, 1.82) is 0 Å². The first-order chi connectivity index (χ1) is 9.31. The van der Waals surface area contributed by atoms with E-state index in [9.17, 15) is 0 Å². The van der Waals surface area contributed by atoms with Gasteiger partial charge in [-0.1, -0.05) is 0 Å². The van der Waals surface area contributed by atoms with Crippen molar-refractivity contribution in [3.05, 3.63) is 59.7 Å². The van der Waals surface area contributed by atoms with Gasteiger partial charge in [-0.05, 0) is 35.4 Å². The minimum absolute atomic E-state index is 0.157. The Balaban J connectivity index is 1.94. The van der Waals surface area contributed by atoms with Crippen molar-refractivity contribution in [2.75, 3.05) is 0 Å². The molecule has 19 heavy (non-hydrogen) atoms. The molecular formula is C12H9ClN6. The van der Waals surface area contributed by atoms with E-state index in [1.165, 1.54) is 0 Å². The summed E-state index contributed by atoms with van der Waals surface area (Å²) in [6.45, 7) is 0. The summed E-state index contributed by atoms with van der Waals surface area (Å²) in [4.78, 5) is 16.5. The molecule has 0 atom stereocenters. The third-order valence-electron chi connectivity index (χ3n) is 2.46. The molecule has 0 aliphatic carbocycles. The average Bonchev–Trinajstić information content (AvgIpc) is 2.93. The van der Waals surface area contributed by atoms with Gasteiger partial charge in [-0.25, -0.2) is 9.67 Å². The zero-order valence-electron chi connectivity index (χ0n) is 9.81. The molecule has 0 aromatic carbocycles. The van der Waals surface area contributed by atoms with Gasteiger partial charge in [-0.15, -0.1) is 0 Å². The van der Waals surface area contributed by atoms with E-state index in [-0.39, 0.29) is 5.28 Å². The SMILES string of the molecule is Clc1nc(Cc2ccncc2)nc(-n2cccn2)n1. The monoisotopic (exact) mass is 272 g/mol. The van der Waals surface area contributed by atoms with Crippen LogP contribution in [-0.2, 0) is 6.42 Å². The lowest BCUT2D eigenvalue weighted by molar-refractivity contribution is 0.772. The van der Waals surface area contributed by atoms with E-state index in [0.29, 0.717) is 18.2 Å². The van der Waals surface area contributed by atoms with Gasteiger partial charge in [0.15, 0.2) is 0 Å². The van der Waals surface area contributed by atoms with Gasteiger partial charge in [0.25, 0.3) is 5.95 Å². The molecule has 0 spiro atoms. The molecule has 7 heteroatoms. The predicted molar refractivity (Wildman–Crippen MR) is 69.0 cm³/mol. The van der Waals surface area contributed by atoms with Gasteiger partial charge >= 0.3 is 0 Å². The molecule has 3 aromatic heterocycles. The fourth-order valence-corrected chi connectivity index (χ4v) is 1.80. The summed E-state index contributed by atoms with van der Waals surface area (Å²) in [6, 6.07) is 5.61. The summed E-state index contributed by atoms with van der Waals surface area (Å²) >= 11 is 5.92. The molecule has 0 amide bonds. The largest absolute Gasteiger partial charge is 0.265 e. The Morgan fingerprint density at radius 3 is 2.63 bits per heavy atom. The third-order valence-corrected chi connectivity index (χ3v) is 2.63. The number of hydrogen-bond acceptors (Lipinski definition) is 5. The lowest BCUT2D eigenvalue weighted by atomic mass is 10.2. The first-order valence-electron chi connectivity index (χ1n) is 5.60. The summed E-state index contributed by atoms with van der Waals surface area (Å²) in [5.41, 5.74) is 1.06. The zero-order chi connectivity index (χ0) is 13.1. The third kappa shape index (κ3) is 2.74. The van der Waals surface area contributed by atoms with Gasteiger partial charge in [0.2, 0.25) is 5.28 Å². The molecule has 0 saturated heterocycles. The van der Waals surface area contributed by atoms with Gasteiger partial charge in [0, 0.05) is 31.2 Å². The van der Waals surface area contributed by atoms with E-state index in [1.807, 2.05) is 12.1 Å². The minimum Gasteiger partial charge on any atom is -0.265 e. The van der Waals surface area contributed by atoms with E-state index in [2.05, 4.69) is 25.0 Å². The molecule has 0 N–H and O–H groups in total. The number of nitrogens with zero attached hydrogens (tertiary/aromatic N) is 6. The second-order valence-electron chi connectivity index (χ2n) is 3.80. The van der Waals surface area contributed by atoms with Gasteiger partial charge in [0.05, 0.1) is 0 Å². The number of aromatic nitrogens is 6. The highest BCUT2D eigenvalue weighted by Gasteiger charge is 2.07. The van der Waals surface area contributed by atoms with E-state index < -0.39 is 0 Å². The van der Waals surface area contributed by atoms with Crippen molar-refractivity contribution in [1.82, 2.24) is 29.7 Å². The van der Waals surface area contributed by atoms with E-state index >= 15 is 0 Å². The second-order valence-corrected chi connectivity index (χ2v) is 4.14. The van der Waals surface area contributed by atoms with E-state index in [1.54, 1.807) is 35.5 Å². The summed E-state index contributed by atoms with van der Waals surface area (Å²) in [5.74, 6) is 1.01. The quantitative estimate of drug-likeness (QED) is 0.726. The summed E-state index contributed by atoms with van der Waals surface area (Å²) < 4.78 is 1.55. The normalized spacial score (nSPS) is 10.6. The lowest BCUT2D eigenvalue weighted by Crippen LogP contribution is -2.07. The van der Waals surface area contributed by atoms with Crippen LogP contribution in [0.4, 0.5) is 0 Å². The molecule has 0 fully saturated rings. The van der Waals surface area contributed by atoms with Gasteiger partial charge < -0.3 is 0 Å². The topological polar surface area (TPSA) is 69.4 Å². The maximum Gasteiger partial charge on any atom is 0.255 e. The Labute approximate surface area is 114 Å². The average molecular weight is 273 g/mol. The van der Waals surface area contributed by atoms with Crippen LogP contribution in [0.15, 0.2) is 43.0 Å². The first-order valence-corrected chi connectivity index (χ1v) is 5.98. The summed E-state index contributed by atoms with van der Waals surface area (Å²) in [6.07, 6.45) is 7.43. The molecule has 0 bridgehead atoms. The molecular weight excluding hydrogens is 264 g/mol. The molecule has 0 aliphatic rings. The molecule has 6 nitrogen and oxygen atoms in total. The van der Waals surface area contributed by atoms with Crippen molar-refractivity contribution < 1.29 is 0 Å². The Kier molecular flexibility index (Phi) is 3.16. The maximum atomic E-state index is 5.92. The smallest absolute Gasteiger partial charge is 0.255 e. The van der Waals surface area contributed by atoms with Crippen LogP contribution in [0.25, 0.3) is 5.95 Å². The second kappa shape index (κ2) is 5.11. The van der Waals surface area contributed by atoms with Gasteiger partial charge in [0.1, 0.15) is 5.82 Å². The number of rotatable bonds is 3. The highest BCUT2D eigenvalue weighted by atomic mass is 35.5. The summed E-state index contributed by atoms with van der Waals surface area (Å²) in [7, 11) is 0. The minimum atomic E-state index is 0.157. The van der Waals surface area contributed by atoms with Crippen LogP contribution in [0.5, 0.6) is 0 Å². The molecule has 94 valence electrons. The van der Waals surface area contributed by atoms with Gasteiger partial charge in [-0.2, -0.15) is 15.1 Å². The van der Waals surface area contributed by atoms with Crippen LogP contribution in [0.3, 0.4) is 0 Å². The molecule has 0 aliphatic heterocycles. The first kappa shape index (κ1) is 11.7. The maximum absolute atomic E-state index is 5.92. The Morgan fingerprint density at radius 2 is 1.89 bits per heavy atom. The van der Waals surface area contributed by atoms with Crippen molar-refractivity contribution in [2.45, 2.75) is 6.42 Å². The molecule has 3 rings (SSSR count). The Bertz CT molecular complexity index is 668. The van der Waals surface area contributed by atoms with Crippen molar-refractivity contribution in [2.24, 2.45) is 0 Å². The van der Waals surface area contributed by atoms with Gasteiger partial charge in [-0.3, -0.25) is 4.98 Å². The van der Waals surface area contributed by atoms with Crippen LogP contribution >= 0.6 is 11.6 Å². The highest BCUT2D eigenvalue weighted by Crippen LogP contribution is 2.09. The molecule has 0 radical (unpaired) electrons.